The minimum atomic E-state index is -1.41. The topological polar surface area (TPSA) is 66.8 Å². The summed E-state index contributed by atoms with van der Waals surface area (Å²) in [5, 5.41) is 0.711. The summed E-state index contributed by atoms with van der Waals surface area (Å²) in [5.74, 6) is -0.291. The Balaban J connectivity index is 1.83. The van der Waals surface area contributed by atoms with Gasteiger partial charge in [0.2, 0.25) is 0 Å². The van der Waals surface area contributed by atoms with Crippen molar-refractivity contribution < 1.29 is 28.2 Å². The first-order valence-corrected chi connectivity index (χ1v) is 10.1. The number of esters is 1. The molecule has 0 N–H and O–H groups in total. The molecule has 1 atom stereocenters. The summed E-state index contributed by atoms with van der Waals surface area (Å²) in [5.41, 5.74) is 1.29. The average Bonchev–Trinajstić information content (AvgIpc) is 3.21. The summed E-state index contributed by atoms with van der Waals surface area (Å²) in [6.07, 6.45) is 0.326. The Bertz CT molecular complexity index is 1200. The molecule has 0 aliphatic heterocycles. The van der Waals surface area contributed by atoms with E-state index in [0.29, 0.717) is 28.0 Å². The Morgan fingerprint density at radius 2 is 1.84 bits per heavy atom. The van der Waals surface area contributed by atoms with Gasteiger partial charge in [0.05, 0.1) is 20.8 Å². The Hall–Kier alpha value is -3.35. The highest BCUT2D eigenvalue weighted by Gasteiger charge is 2.53. The van der Waals surface area contributed by atoms with Crippen LogP contribution in [0.1, 0.15) is 28.5 Å². The van der Waals surface area contributed by atoms with E-state index in [9.17, 15) is 14.0 Å². The average molecular weight is 425 g/mol. The van der Waals surface area contributed by atoms with Crippen molar-refractivity contribution in [2.75, 3.05) is 20.8 Å². The summed E-state index contributed by atoms with van der Waals surface area (Å²) < 4.78 is 31.7. The van der Waals surface area contributed by atoms with Crippen LogP contribution in [0.15, 0.2) is 36.4 Å². The van der Waals surface area contributed by atoms with Gasteiger partial charge in [-0.1, -0.05) is 0 Å². The van der Waals surface area contributed by atoms with Crippen molar-refractivity contribution in [3.8, 4) is 11.5 Å². The number of hydrogen-bond acceptors (Lipinski definition) is 5. The van der Waals surface area contributed by atoms with E-state index in [1.807, 2.05) is 17.7 Å². The lowest BCUT2D eigenvalue weighted by Crippen LogP contribution is -2.41. The molecule has 1 heterocycles. The van der Waals surface area contributed by atoms with E-state index >= 15 is 0 Å². The second-order valence-corrected chi connectivity index (χ2v) is 7.75. The van der Waals surface area contributed by atoms with Crippen LogP contribution in [-0.2, 0) is 29.4 Å². The van der Waals surface area contributed by atoms with Crippen LogP contribution in [0.5, 0.6) is 11.5 Å². The standard InChI is InChI=1S/C24H24FNO5/c1-5-31-23(28)24(13-17-9-14-8-16(25)6-7-19(14)26(17)2)12-15-10-20(29-3)21(30-4)11-18(15)22(24)27/h6-11H,5,12-13H2,1-4H3. The Labute approximate surface area is 179 Å². The number of aryl methyl sites for hydroxylation is 1. The SMILES string of the molecule is CCOC(=O)C1(Cc2cc3cc(F)ccc3n2C)Cc2cc(OC)c(OC)cc2C1=O. The molecule has 0 saturated carbocycles. The van der Waals surface area contributed by atoms with Crippen LogP contribution in [-0.4, -0.2) is 37.1 Å². The van der Waals surface area contributed by atoms with E-state index < -0.39 is 11.4 Å². The molecule has 1 unspecified atom stereocenters. The van der Waals surface area contributed by atoms with Crippen molar-refractivity contribution in [2.24, 2.45) is 12.5 Å². The maximum Gasteiger partial charge on any atom is 0.320 e. The molecule has 31 heavy (non-hydrogen) atoms. The second kappa shape index (κ2) is 7.72. The molecule has 1 aliphatic rings. The first kappa shape index (κ1) is 20.9. The minimum absolute atomic E-state index is 0.136. The molecular formula is C24H24FNO5. The molecule has 1 aliphatic carbocycles. The highest BCUT2D eigenvalue weighted by molar-refractivity contribution is 6.16. The normalized spacial score (nSPS) is 17.6. The van der Waals surface area contributed by atoms with Gasteiger partial charge in [-0.2, -0.15) is 0 Å². The van der Waals surface area contributed by atoms with E-state index in [1.165, 1.54) is 26.4 Å². The fourth-order valence-corrected chi connectivity index (χ4v) is 4.45. The predicted molar refractivity (Wildman–Crippen MR) is 113 cm³/mol. The monoisotopic (exact) mass is 425 g/mol. The van der Waals surface area contributed by atoms with Crippen LogP contribution in [0.3, 0.4) is 0 Å². The van der Waals surface area contributed by atoms with Gasteiger partial charge in [-0.15, -0.1) is 0 Å². The maximum absolute atomic E-state index is 13.7. The molecular weight excluding hydrogens is 401 g/mol. The van der Waals surface area contributed by atoms with Gasteiger partial charge in [-0.05, 0) is 55.3 Å². The number of aromatic nitrogens is 1. The van der Waals surface area contributed by atoms with Crippen molar-refractivity contribution in [1.82, 2.24) is 4.57 Å². The number of ether oxygens (including phenoxy) is 3. The molecule has 4 rings (SSSR count). The molecule has 0 radical (unpaired) electrons. The number of hydrogen-bond donors (Lipinski definition) is 0. The molecule has 162 valence electrons. The van der Waals surface area contributed by atoms with Crippen LogP contribution < -0.4 is 9.47 Å². The Morgan fingerprint density at radius 3 is 2.52 bits per heavy atom. The van der Waals surface area contributed by atoms with Gasteiger partial charge in [0.1, 0.15) is 11.2 Å². The largest absolute Gasteiger partial charge is 0.493 e. The molecule has 3 aromatic rings. The van der Waals surface area contributed by atoms with E-state index in [0.717, 1.165) is 11.2 Å². The van der Waals surface area contributed by atoms with Crippen LogP contribution in [0.2, 0.25) is 0 Å². The van der Waals surface area contributed by atoms with E-state index in [2.05, 4.69) is 0 Å². The molecule has 0 spiro atoms. The molecule has 0 saturated heterocycles. The molecule has 6 nitrogen and oxygen atoms in total. The van der Waals surface area contributed by atoms with Crippen molar-refractivity contribution >= 4 is 22.7 Å². The van der Waals surface area contributed by atoms with E-state index in [4.69, 9.17) is 14.2 Å². The van der Waals surface area contributed by atoms with Gasteiger partial charge in [-0.25, -0.2) is 4.39 Å². The zero-order chi connectivity index (χ0) is 22.3. The number of rotatable bonds is 6. The number of benzene rings is 2. The van der Waals surface area contributed by atoms with E-state index in [-0.39, 0.29) is 31.0 Å². The molecule has 0 bridgehead atoms. The smallest absolute Gasteiger partial charge is 0.320 e. The first-order valence-electron chi connectivity index (χ1n) is 10.1. The summed E-state index contributed by atoms with van der Waals surface area (Å²) in [4.78, 5) is 26.8. The maximum atomic E-state index is 13.7. The number of methoxy groups -OCH3 is 2. The highest BCUT2D eigenvalue weighted by Crippen LogP contribution is 2.45. The number of ketones is 1. The van der Waals surface area contributed by atoms with Crippen LogP contribution >= 0.6 is 0 Å². The summed E-state index contributed by atoms with van der Waals surface area (Å²) in [7, 11) is 4.86. The van der Waals surface area contributed by atoms with Crippen molar-refractivity contribution in [2.45, 2.75) is 19.8 Å². The number of nitrogens with zero attached hydrogens (tertiary/aromatic N) is 1. The second-order valence-electron chi connectivity index (χ2n) is 7.75. The summed E-state index contributed by atoms with van der Waals surface area (Å²) in [6.45, 7) is 1.88. The van der Waals surface area contributed by atoms with Gasteiger partial charge in [0.25, 0.3) is 0 Å². The molecule has 1 aromatic heterocycles. The first-order chi connectivity index (χ1) is 14.8. The number of carbonyl (C=O) groups excluding carboxylic acids is 2. The predicted octanol–water partition coefficient (Wildman–Crippen LogP) is 3.87. The highest BCUT2D eigenvalue weighted by atomic mass is 19.1. The fraction of sp³-hybridized carbons (Fsp3) is 0.333. The van der Waals surface area contributed by atoms with Gasteiger partial charge in [0.15, 0.2) is 17.3 Å². The van der Waals surface area contributed by atoms with Crippen LogP contribution in [0, 0.1) is 11.2 Å². The van der Waals surface area contributed by atoms with Gasteiger partial charge in [-0.3, -0.25) is 9.59 Å². The number of halogens is 1. The fourth-order valence-electron chi connectivity index (χ4n) is 4.45. The van der Waals surface area contributed by atoms with Gasteiger partial charge >= 0.3 is 5.97 Å². The third-order valence-electron chi connectivity index (χ3n) is 6.03. The number of Topliss-reactive ketones (excluding diaryl/α,β-unsaturated/α-hetero) is 1. The van der Waals surface area contributed by atoms with Gasteiger partial charge < -0.3 is 18.8 Å². The van der Waals surface area contributed by atoms with Crippen LogP contribution in [0.25, 0.3) is 10.9 Å². The molecule has 0 amide bonds. The lowest BCUT2D eigenvalue weighted by atomic mass is 9.79. The molecule has 7 heteroatoms. The lowest BCUT2D eigenvalue weighted by Gasteiger charge is -2.25. The molecule has 0 fully saturated rings. The summed E-state index contributed by atoms with van der Waals surface area (Å²) >= 11 is 0. The Kier molecular flexibility index (Phi) is 5.21. The third-order valence-corrected chi connectivity index (χ3v) is 6.03. The lowest BCUT2D eigenvalue weighted by molar-refractivity contribution is -0.152. The summed E-state index contributed by atoms with van der Waals surface area (Å²) in [6, 6.07) is 9.69. The van der Waals surface area contributed by atoms with Crippen molar-refractivity contribution in [3.63, 3.8) is 0 Å². The molecule has 2 aromatic carbocycles. The zero-order valence-electron chi connectivity index (χ0n) is 18.0. The third kappa shape index (κ3) is 3.24. The zero-order valence-corrected chi connectivity index (χ0v) is 18.0. The Morgan fingerprint density at radius 1 is 1.13 bits per heavy atom. The van der Waals surface area contributed by atoms with Gasteiger partial charge in [0, 0.05) is 35.6 Å². The van der Waals surface area contributed by atoms with Crippen molar-refractivity contribution in [3.05, 3.63) is 59.0 Å². The van der Waals surface area contributed by atoms with Crippen molar-refractivity contribution in [1.29, 1.82) is 0 Å². The number of fused-ring (bicyclic) bond motifs is 2. The van der Waals surface area contributed by atoms with E-state index in [1.54, 1.807) is 25.1 Å². The quantitative estimate of drug-likeness (QED) is 0.443. The minimum Gasteiger partial charge on any atom is -0.493 e. The van der Waals surface area contributed by atoms with Crippen LogP contribution in [0.4, 0.5) is 4.39 Å². The number of carbonyl (C=O) groups is 2.